The van der Waals surface area contributed by atoms with Gasteiger partial charge in [0.2, 0.25) is 5.91 Å². The lowest BCUT2D eigenvalue weighted by atomic mass is 9.72. The van der Waals surface area contributed by atoms with Gasteiger partial charge < -0.3 is 15.1 Å². The molecular formula is C23H28N4O2. The van der Waals surface area contributed by atoms with E-state index >= 15 is 0 Å². The number of hydrogen-bond acceptors (Lipinski definition) is 3. The molecule has 4 rings (SSSR count). The SMILES string of the molecule is O=C1CCC2(CCN(C(=O)NCc3ccccc3)CC2)CN1Cc1cccnc1. The summed E-state index contributed by atoms with van der Waals surface area (Å²) in [5.74, 6) is 0.225. The van der Waals surface area contributed by atoms with Crippen LogP contribution in [-0.2, 0) is 17.9 Å². The summed E-state index contributed by atoms with van der Waals surface area (Å²) in [6.07, 6.45) is 7.00. The highest BCUT2D eigenvalue weighted by molar-refractivity contribution is 5.77. The maximum absolute atomic E-state index is 12.5. The summed E-state index contributed by atoms with van der Waals surface area (Å²) in [6.45, 7) is 3.44. The van der Waals surface area contributed by atoms with Crippen molar-refractivity contribution in [3.8, 4) is 0 Å². The molecule has 2 fully saturated rings. The number of nitrogens with one attached hydrogen (secondary N) is 1. The zero-order valence-corrected chi connectivity index (χ0v) is 16.7. The van der Waals surface area contributed by atoms with Crippen LogP contribution < -0.4 is 5.32 Å². The number of pyridine rings is 1. The maximum atomic E-state index is 12.5. The summed E-state index contributed by atoms with van der Waals surface area (Å²) in [4.78, 5) is 33.0. The number of carbonyl (C=O) groups excluding carboxylic acids is 2. The first-order chi connectivity index (χ1) is 14.1. The van der Waals surface area contributed by atoms with Crippen LogP contribution in [0.5, 0.6) is 0 Å². The molecule has 6 nitrogen and oxygen atoms in total. The van der Waals surface area contributed by atoms with Crippen molar-refractivity contribution in [1.29, 1.82) is 0 Å². The quantitative estimate of drug-likeness (QED) is 0.869. The summed E-state index contributed by atoms with van der Waals surface area (Å²) in [5.41, 5.74) is 2.30. The molecule has 2 aliphatic rings. The van der Waals surface area contributed by atoms with Crippen LogP contribution >= 0.6 is 0 Å². The third kappa shape index (κ3) is 4.75. The summed E-state index contributed by atoms with van der Waals surface area (Å²) >= 11 is 0. The second kappa shape index (κ2) is 8.64. The van der Waals surface area contributed by atoms with E-state index in [4.69, 9.17) is 0 Å². The van der Waals surface area contributed by atoms with Crippen molar-refractivity contribution in [2.24, 2.45) is 5.41 Å². The first-order valence-corrected chi connectivity index (χ1v) is 10.4. The van der Waals surface area contributed by atoms with Crippen molar-refractivity contribution in [3.63, 3.8) is 0 Å². The summed E-state index contributed by atoms with van der Waals surface area (Å²) in [7, 11) is 0. The lowest BCUT2D eigenvalue weighted by molar-refractivity contribution is -0.139. The Morgan fingerprint density at radius 2 is 1.79 bits per heavy atom. The van der Waals surface area contributed by atoms with Crippen LogP contribution in [0.3, 0.4) is 0 Å². The van der Waals surface area contributed by atoms with E-state index in [-0.39, 0.29) is 17.4 Å². The molecule has 0 atom stereocenters. The summed E-state index contributed by atoms with van der Waals surface area (Å²) in [6, 6.07) is 13.9. The number of likely N-dealkylation sites (tertiary alicyclic amines) is 2. The number of urea groups is 1. The van der Waals surface area contributed by atoms with Gasteiger partial charge in [-0.15, -0.1) is 0 Å². The first kappa shape index (κ1) is 19.4. The molecule has 1 spiro atoms. The molecule has 1 N–H and O–H groups in total. The molecule has 0 unspecified atom stereocenters. The molecule has 2 saturated heterocycles. The van der Waals surface area contributed by atoms with Crippen LogP contribution in [0.15, 0.2) is 54.9 Å². The van der Waals surface area contributed by atoms with Crippen LogP contribution in [-0.4, -0.2) is 46.4 Å². The molecule has 0 bridgehead atoms. The van der Waals surface area contributed by atoms with Gasteiger partial charge in [0.1, 0.15) is 0 Å². The van der Waals surface area contributed by atoms with Crippen LogP contribution in [0.2, 0.25) is 0 Å². The van der Waals surface area contributed by atoms with Crippen molar-refractivity contribution in [3.05, 3.63) is 66.0 Å². The normalized spacial score (nSPS) is 18.7. The van der Waals surface area contributed by atoms with E-state index in [1.165, 1.54) is 0 Å². The topological polar surface area (TPSA) is 65.5 Å². The van der Waals surface area contributed by atoms with Gasteiger partial charge in [-0.05, 0) is 41.9 Å². The van der Waals surface area contributed by atoms with Gasteiger partial charge in [0.15, 0.2) is 0 Å². The highest BCUT2D eigenvalue weighted by Crippen LogP contribution is 2.40. The van der Waals surface area contributed by atoms with E-state index in [1.807, 2.05) is 58.5 Å². The first-order valence-electron chi connectivity index (χ1n) is 10.4. The number of piperidine rings is 2. The fourth-order valence-corrected chi connectivity index (χ4v) is 4.44. The van der Waals surface area contributed by atoms with Crippen molar-refractivity contribution in [2.45, 2.75) is 38.8 Å². The molecular weight excluding hydrogens is 364 g/mol. The van der Waals surface area contributed by atoms with E-state index < -0.39 is 0 Å². The van der Waals surface area contributed by atoms with Crippen molar-refractivity contribution < 1.29 is 9.59 Å². The standard InChI is InChI=1S/C23H28N4O2/c28-21-8-9-23(18-27(21)17-20-7-4-12-24-15-20)10-13-26(14-11-23)22(29)25-16-19-5-2-1-3-6-19/h1-7,12,15H,8-11,13-14,16-18H2,(H,25,29). The van der Waals surface area contributed by atoms with Crippen LogP contribution in [0, 0.1) is 5.41 Å². The van der Waals surface area contributed by atoms with Gasteiger partial charge in [-0.3, -0.25) is 9.78 Å². The van der Waals surface area contributed by atoms with E-state index in [9.17, 15) is 9.59 Å². The fraction of sp³-hybridized carbons (Fsp3) is 0.435. The van der Waals surface area contributed by atoms with Gasteiger partial charge in [-0.1, -0.05) is 36.4 Å². The molecule has 6 heteroatoms. The Bertz CT molecular complexity index is 832. The molecule has 3 heterocycles. The Morgan fingerprint density at radius 1 is 1.03 bits per heavy atom. The minimum Gasteiger partial charge on any atom is -0.338 e. The predicted octanol–water partition coefficient (Wildman–Crippen LogP) is 3.20. The third-order valence-electron chi connectivity index (χ3n) is 6.24. The fourth-order valence-electron chi connectivity index (χ4n) is 4.44. The lowest BCUT2D eigenvalue weighted by Crippen LogP contribution is -2.53. The molecule has 2 aromatic rings. The number of benzene rings is 1. The third-order valence-corrected chi connectivity index (χ3v) is 6.24. The molecule has 2 aliphatic heterocycles. The van der Waals surface area contributed by atoms with Crippen molar-refractivity contribution in [2.75, 3.05) is 19.6 Å². The zero-order valence-electron chi connectivity index (χ0n) is 16.7. The van der Waals surface area contributed by atoms with E-state index in [0.717, 1.165) is 50.0 Å². The van der Waals surface area contributed by atoms with Crippen molar-refractivity contribution >= 4 is 11.9 Å². The number of aromatic nitrogens is 1. The number of nitrogens with zero attached hydrogens (tertiary/aromatic N) is 3. The minimum atomic E-state index is 0.00260. The van der Waals surface area contributed by atoms with Gasteiger partial charge in [-0.25, -0.2) is 4.79 Å². The number of amides is 3. The van der Waals surface area contributed by atoms with Gasteiger partial charge in [-0.2, -0.15) is 0 Å². The summed E-state index contributed by atoms with van der Waals surface area (Å²) in [5, 5.41) is 3.02. The molecule has 0 radical (unpaired) electrons. The van der Waals surface area contributed by atoms with Gasteiger partial charge >= 0.3 is 6.03 Å². The monoisotopic (exact) mass is 392 g/mol. The summed E-state index contributed by atoms with van der Waals surface area (Å²) < 4.78 is 0. The molecule has 1 aromatic carbocycles. The number of rotatable bonds is 4. The van der Waals surface area contributed by atoms with Crippen LogP contribution in [0.25, 0.3) is 0 Å². The second-order valence-corrected chi connectivity index (χ2v) is 8.24. The molecule has 0 aliphatic carbocycles. The van der Waals surface area contributed by atoms with Gasteiger partial charge in [0.05, 0.1) is 0 Å². The maximum Gasteiger partial charge on any atom is 0.317 e. The second-order valence-electron chi connectivity index (χ2n) is 8.24. The van der Waals surface area contributed by atoms with E-state index in [1.54, 1.807) is 6.20 Å². The minimum absolute atomic E-state index is 0.00260. The lowest BCUT2D eigenvalue weighted by Gasteiger charge is -2.47. The average Bonchev–Trinajstić information content (AvgIpc) is 2.77. The van der Waals surface area contributed by atoms with Crippen molar-refractivity contribution in [1.82, 2.24) is 20.1 Å². The Balaban J connectivity index is 1.30. The van der Waals surface area contributed by atoms with E-state index in [0.29, 0.717) is 19.5 Å². The van der Waals surface area contributed by atoms with E-state index in [2.05, 4.69) is 10.3 Å². The molecule has 3 amide bonds. The molecule has 29 heavy (non-hydrogen) atoms. The van der Waals surface area contributed by atoms with Gasteiger partial charge in [0.25, 0.3) is 0 Å². The Labute approximate surface area is 171 Å². The van der Waals surface area contributed by atoms with Gasteiger partial charge in [0, 0.05) is 51.5 Å². The number of carbonyl (C=O) groups is 2. The molecule has 1 aromatic heterocycles. The molecule has 152 valence electrons. The number of hydrogen-bond donors (Lipinski definition) is 1. The molecule has 0 saturated carbocycles. The highest BCUT2D eigenvalue weighted by atomic mass is 16.2. The Hall–Kier alpha value is -2.89. The highest BCUT2D eigenvalue weighted by Gasteiger charge is 2.41. The van der Waals surface area contributed by atoms with Crippen LogP contribution in [0.1, 0.15) is 36.8 Å². The predicted molar refractivity (Wildman–Crippen MR) is 111 cm³/mol. The largest absolute Gasteiger partial charge is 0.338 e. The van der Waals surface area contributed by atoms with Crippen LogP contribution in [0.4, 0.5) is 4.79 Å². The smallest absolute Gasteiger partial charge is 0.317 e. The average molecular weight is 393 g/mol. The zero-order chi connectivity index (χ0) is 20.1. The Kier molecular flexibility index (Phi) is 5.79. The Morgan fingerprint density at radius 3 is 2.52 bits per heavy atom.